The maximum atomic E-state index is 14.5. The maximum Gasteiger partial charge on any atom is 0.309 e. The molecule has 2 saturated heterocycles. The Hall–Kier alpha value is -3.65. The molecule has 0 aromatic heterocycles. The minimum atomic E-state index is -0.410. The molecule has 3 aromatic carbocycles. The lowest BCUT2D eigenvalue weighted by molar-refractivity contribution is -0.149. The first kappa shape index (κ1) is 27.9. The molecule has 40 heavy (non-hydrogen) atoms. The van der Waals surface area contributed by atoms with Gasteiger partial charge in [0.25, 0.3) is 5.91 Å². The summed E-state index contributed by atoms with van der Waals surface area (Å²) in [5.41, 5.74) is 1.71. The number of anilines is 2. The van der Waals surface area contributed by atoms with Crippen LogP contribution in [0.15, 0.2) is 54.6 Å². The molecule has 3 aromatic rings. The molecule has 2 aliphatic heterocycles. The molecule has 0 unspecified atom stereocenters. The van der Waals surface area contributed by atoms with E-state index in [1.165, 1.54) is 18.6 Å². The van der Waals surface area contributed by atoms with E-state index in [0.717, 1.165) is 80.6 Å². The van der Waals surface area contributed by atoms with Crippen LogP contribution in [0, 0.1) is 11.7 Å². The van der Waals surface area contributed by atoms with Crippen LogP contribution in [0.4, 0.5) is 15.8 Å². The molecular formula is C32H38FN3O4. The van der Waals surface area contributed by atoms with Crippen LogP contribution < -0.4 is 15.0 Å². The standard InChI is InChI=1S/C32H38FN3O4/c1-2-39-32(38)23-12-16-35(17-13-23)18-19-40-30-11-10-29(27-8-4-5-9-28(27)30)34-31(37)24-20-25(33)22-26(21-24)36-14-6-3-7-15-36/h4-5,8-11,20-23H,2-3,6-7,12-19H2,1H3,(H,34,37). The number of amides is 1. The molecule has 1 amide bonds. The van der Waals surface area contributed by atoms with E-state index in [1.807, 2.05) is 43.3 Å². The lowest BCUT2D eigenvalue weighted by Crippen LogP contribution is -2.39. The van der Waals surface area contributed by atoms with Gasteiger partial charge >= 0.3 is 5.97 Å². The molecule has 7 nitrogen and oxygen atoms in total. The molecule has 0 spiro atoms. The number of piperidine rings is 2. The van der Waals surface area contributed by atoms with Crippen molar-refractivity contribution in [3.05, 3.63) is 66.0 Å². The van der Waals surface area contributed by atoms with Gasteiger partial charge < -0.3 is 19.7 Å². The summed E-state index contributed by atoms with van der Waals surface area (Å²) in [4.78, 5) is 29.7. The van der Waals surface area contributed by atoms with Gasteiger partial charge in [0.2, 0.25) is 0 Å². The average molecular weight is 548 g/mol. The Morgan fingerprint density at radius 1 is 0.950 bits per heavy atom. The van der Waals surface area contributed by atoms with Gasteiger partial charge in [-0.25, -0.2) is 4.39 Å². The smallest absolute Gasteiger partial charge is 0.309 e. The number of esters is 1. The van der Waals surface area contributed by atoms with E-state index in [0.29, 0.717) is 24.5 Å². The predicted octanol–water partition coefficient (Wildman–Crippen LogP) is 5.88. The number of halogens is 1. The first-order valence-corrected chi connectivity index (χ1v) is 14.4. The van der Waals surface area contributed by atoms with Crippen LogP contribution in [0.5, 0.6) is 5.75 Å². The number of hydrogen-bond donors (Lipinski definition) is 1. The summed E-state index contributed by atoms with van der Waals surface area (Å²) in [6, 6.07) is 16.1. The largest absolute Gasteiger partial charge is 0.492 e. The minimum absolute atomic E-state index is 0.00690. The molecule has 0 saturated carbocycles. The molecule has 0 bridgehead atoms. The quantitative estimate of drug-likeness (QED) is 0.338. The van der Waals surface area contributed by atoms with Crippen LogP contribution >= 0.6 is 0 Å². The highest BCUT2D eigenvalue weighted by molar-refractivity contribution is 6.10. The first-order valence-electron chi connectivity index (χ1n) is 14.4. The van der Waals surface area contributed by atoms with E-state index in [2.05, 4.69) is 15.1 Å². The summed E-state index contributed by atoms with van der Waals surface area (Å²) in [6.07, 6.45) is 4.95. The summed E-state index contributed by atoms with van der Waals surface area (Å²) in [6.45, 7) is 6.99. The lowest BCUT2D eigenvalue weighted by Gasteiger charge is -2.30. The van der Waals surface area contributed by atoms with Gasteiger partial charge in [-0.15, -0.1) is 0 Å². The number of nitrogens with zero attached hydrogens (tertiary/aromatic N) is 2. The molecule has 212 valence electrons. The van der Waals surface area contributed by atoms with Crippen molar-refractivity contribution in [3.63, 3.8) is 0 Å². The monoisotopic (exact) mass is 547 g/mol. The fourth-order valence-electron chi connectivity index (χ4n) is 5.68. The Morgan fingerprint density at radius 2 is 1.70 bits per heavy atom. The number of carbonyl (C=O) groups is 2. The van der Waals surface area contributed by atoms with Gasteiger partial charge in [0, 0.05) is 47.3 Å². The Bertz CT molecular complexity index is 1330. The zero-order valence-corrected chi connectivity index (χ0v) is 23.2. The molecule has 0 aliphatic carbocycles. The van der Waals surface area contributed by atoms with E-state index in [-0.39, 0.29) is 17.8 Å². The fraction of sp³-hybridized carbons (Fsp3) is 0.438. The third kappa shape index (κ3) is 6.73. The van der Waals surface area contributed by atoms with Crippen LogP contribution in [-0.4, -0.2) is 62.7 Å². The Labute approximate surface area is 235 Å². The molecule has 1 N–H and O–H groups in total. The zero-order chi connectivity index (χ0) is 27.9. The predicted molar refractivity (Wildman–Crippen MR) is 156 cm³/mol. The zero-order valence-electron chi connectivity index (χ0n) is 23.2. The van der Waals surface area contributed by atoms with Crippen molar-refractivity contribution in [2.45, 2.75) is 39.0 Å². The summed E-state index contributed by atoms with van der Waals surface area (Å²) in [5, 5.41) is 4.75. The van der Waals surface area contributed by atoms with Crippen LogP contribution in [0.25, 0.3) is 10.8 Å². The molecular weight excluding hydrogens is 509 g/mol. The third-order valence-electron chi connectivity index (χ3n) is 7.87. The van der Waals surface area contributed by atoms with Gasteiger partial charge in [-0.3, -0.25) is 14.5 Å². The normalized spacial score (nSPS) is 16.6. The van der Waals surface area contributed by atoms with Crippen LogP contribution in [0.3, 0.4) is 0 Å². The average Bonchev–Trinajstić information content (AvgIpc) is 2.98. The molecule has 8 heteroatoms. The number of rotatable bonds is 9. The Balaban J connectivity index is 1.22. The third-order valence-corrected chi connectivity index (χ3v) is 7.87. The van der Waals surface area contributed by atoms with Crippen LogP contribution in [0.1, 0.15) is 49.4 Å². The summed E-state index contributed by atoms with van der Waals surface area (Å²) >= 11 is 0. The molecule has 0 radical (unpaired) electrons. The highest BCUT2D eigenvalue weighted by Gasteiger charge is 2.26. The number of fused-ring (bicyclic) bond motifs is 1. The topological polar surface area (TPSA) is 71.1 Å². The second-order valence-electron chi connectivity index (χ2n) is 10.6. The summed E-state index contributed by atoms with van der Waals surface area (Å²) < 4.78 is 25.8. The van der Waals surface area contributed by atoms with Crippen molar-refractivity contribution in [3.8, 4) is 5.75 Å². The Morgan fingerprint density at radius 3 is 2.45 bits per heavy atom. The highest BCUT2D eigenvalue weighted by Crippen LogP contribution is 2.32. The van der Waals surface area contributed by atoms with Gasteiger partial charge in [0.1, 0.15) is 18.2 Å². The van der Waals surface area contributed by atoms with Gasteiger partial charge in [-0.05, 0) is 82.4 Å². The number of nitrogens with one attached hydrogen (secondary N) is 1. The Kier molecular flexibility index (Phi) is 9.16. The van der Waals surface area contributed by atoms with Crippen LogP contribution in [0.2, 0.25) is 0 Å². The SMILES string of the molecule is CCOC(=O)C1CCN(CCOc2ccc(NC(=O)c3cc(F)cc(N4CCCCC4)c3)c3ccccc23)CC1. The van der Waals surface area contributed by atoms with Crippen molar-refractivity contribution in [1.82, 2.24) is 4.90 Å². The summed E-state index contributed by atoms with van der Waals surface area (Å²) in [5.74, 6) is -0.104. The van der Waals surface area contributed by atoms with Crippen molar-refractivity contribution in [2.75, 3.05) is 56.2 Å². The summed E-state index contributed by atoms with van der Waals surface area (Å²) in [7, 11) is 0. The second-order valence-corrected chi connectivity index (χ2v) is 10.6. The number of benzene rings is 3. The second kappa shape index (κ2) is 13.1. The van der Waals surface area contributed by atoms with Gasteiger partial charge in [0.15, 0.2) is 0 Å². The van der Waals surface area contributed by atoms with E-state index in [9.17, 15) is 14.0 Å². The molecule has 0 atom stereocenters. The molecule has 2 aliphatic rings. The number of carbonyl (C=O) groups excluding carboxylic acids is 2. The lowest BCUT2D eigenvalue weighted by atomic mass is 9.97. The van der Waals surface area contributed by atoms with E-state index in [1.54, 1.807) is 6.07 Å². The first-order chi connectivity index (χ1) is 19.5. The van der Waals surface area contributed by atoms with E-state index >= 15 is 0 Å². The van der Waals surface area contributed by atoms with Crippen molar-refractivity contribution < 1.29 is 23.5 Å². The number of hydrogen-bond acceptors (Lipinski definition) is 6. The van der Waals surface area contributed by atoms with E-state index < -0.39 is 5.82 Å². The number of ether oxygens (including phenoxy) is 2. The van der Waals surface area contributed by atoms with Crippen molar-refractivity contribution in [1.29, 1.82) is 0 Å². The fourth-order valence-corrected chi connectivity index (χ4v) is 5.68. The highest BCUT2D eigenvalue weighted by atomic mass is 19.1. The molecule has 2 fully saturated rings. The minimum Gasteiger partial charge on any atom is -0.492 e. The van der Waals surface area contributed by atoms with Gasteiger partial charge in [-0.2, -0.15) is 0 Å². The number of likely N-dealkylation sites (tertiary alicyclic amines) is 1. The molecule has 5 rings (SSSR count). The molecule has 2 heterocycles. The maximum absolute atomic E-state index is 14.5. The van der Waals surface area contributed by atoms with E-state index in [4.69, 9.17) is 9.47 Å². The van der Waals surface area contributed by atoms with Gasteiger partial charge in [0.05, 0.1) is 12.5 Å². The van der Waals surface area contributed by atoms with Crippen molar-refractivity contribution >= 4 is 34.0 Å². The van der Waals surface area contributed by atoms with Crippen molar-refractivity contribution in [2.24, 2.45) is 5.92 Å². The van der Waals surface area contributed by atoms with Gasteiger partial charge in [-0.1, -0.05) is 24.3 Å². The van der Waals surface area contributed by atoms with Crippen LogP contribution in [-0.2, 0) is 9.53 Å².